The molecule has 1 aromatic heterocycles. The molecule has 0 radical (unpaired) electrons. The number of hydrogen-bond acceptors (Lipinski definition) is 2. The lowest BCUT2D eigenvalue weighted by Gasteiger charge is -2.48. The zero-order valence-corrected chi connectivity index (χ0v) is 12.9. The molecule has 1 saturated heterocycles. The predicted molar refractivity (Wildman–Crippen MR) is 74.8 cm³/mol. The van der Waals surface area contributed by atoms with E-state index in [0.717, 1.165) is 12.8 Å². The van der Waals surface area contributed by atoms with E-state index in [4.69, 9.17) is 9.15 Å². The van der Waals surface area contributed by atoms with Crippen molar-refractivity contribution < 1.29 is 9.15 Å². The summed E-state index contributed by atoms with van der Waals surface area (Å²) in [7, 11) is 0. The number of rotatable bonds is 1. The zero-order valence-electron chi connectivity index (χ0n) is 11.3. The highest BCUT2D eigenvalue weighted by molar-refractivity contribution is 9.09. The first-order chi connectivity index (χ1) is 8.43. The summed E-state index contributed by atoms with van der Waals surface area (Å²) in [4.78, 5) is 0.592. The SMILES string of the molecule is CC1(C)[C@H](Br)CC[C@@]2(C)O[C@H](c3ccoc3)C[C@H]12. The number of ether oxygens (including phenoxy) is 1. The maximum atomic E-state index is 6.40. The third kappa shape index (κ3) is 1.78. The molecule has 4 atom stereocenters. The van der Waals surface area contributed by atoms with Crippen molar-refractivity contribution in [3.8, 4) is 0 Å². The van der Waals surface area contributed by atoms with Crippen LogP contribution in [-0.2, 0) is 4.74 Å². The molecule has 0 aromatic carbocycles. The first-order valence-electron chi connectivity index (χ1n) is 6.77. The molecule has 2 nitrogen and oxygen atoms in total. The molecule has 1 saturated carbocycles. The molecule has 0 N–H and O–H groups in total. The van der Waals surface area contributed by atoms with Gasteiger partial charge in [-0.2, -0.15) is 0 Å². The van der Waals surface area contributed by atoms with Crippen molar-refractivity contribution in [2.75, 3.05) is 0 Å². The molecule has 18 heavy (non-hydrogen) atoms. The van der Waals surface area contributed by atoms with E-state index >= 15 is 0 Å². The Labute approximate surface area is 117 Å². The molecule has 2 fully saturated rings. The number of hydrogen-bond donors (Lipinski definition) is 0. The third-order valence-electron chi connectivity index (χ3n) is 5.11. The van der Waals surface area contributed by atoms with Gasteiger partial charge in [-0.3, -0.25) is 0 Å². The fourth-order valence-corrected chi connectivity index (χ4v) is 4.46. The number of fused-ring (bicyclic) bond motifs is 1. The van der Waals surface area contributed by atoms with Crippen molar-refractivity contribution in [3.63, 3.8) is 0 Å². The van der Waals surface area contributed by atoms with E-state index < -0.39 is 0 Å². The van der Waals surface area contributed by atoms with Crippen molar-refractivity contribution in [1.29, 1.82) is 0 Å². The van der Waals surface area contributed by atoms with E-state index in [1.807, 2.05) is 12.3 Å². The Morgan fingerprint density at radius 3 is 2.78 bits per heavy atom. The molecule has 3 heteroatoms. The van der Waals surface area contributed by atoms with E-state index in [2.05, 4.69) is 36.7 Å². The highest BCUT2D eigenvalue weighted by atomic mass is 79.9. The molecule has 1 aliphatic heterocycles. The fraction of sp³-hybridized carbons (Fsp3) is 0.733. The first kappa shape index (κ1) is 12.7. The summed E-state index contributed by atoms with van der Waals surface area (Å²) in [5.41, 5.74) is 1.49. The van der Waals surface area contributed by atoms with Gasteiger partial charge in [0, 0.05) is 10.4 Å². The highest BCUT2D eigenvalue weighted by Gasteiger charge is 2.56. The number of alkyl halides is 1. The van der Waals surface area contributed by atoms with Crippen molar-refractivity contribution in [3.05, 3.63) is 24.2 Å². The van der Waals surface area contributed by atoms with Crippen molar-refractivity contribution in [2.24, 2.45) is 11.3 Å². The molecule has 3 rings (SSSR count). The Morgan fingerprint density at radius 2 is 2.11 bits per heavy atom. The van der Waals surface area contributed by atoms with Crippen LogP contribution in [0, 0.1) is 11.3 Å². The number of furan rings is 1. The summed E-state index contributed by atoms with van der Waals surface area (Å²) < 4.78 is 11.6. The van der Waals surface area contributed by atoms with Crippen LogP contribution in [0.25, 0.3) is 0 Å². The summed E-state index contributed by atoms with van der Waals surface area (Å²) in [5.74, 6) is 0.600. The topological polar surface area (TPSA) is 22.4 Å². The largest absolute Gasteiger partial charge is 0.472 e. The summed E-state index contributed by atoms with van der Waals surface area (Å²) >= 11 is 3.87. The average Bonchev–Trinajstić information content (AvgIpc) is 2.91. The molecular weight excluding hydrogens is 292 g/mol. The van der Waals surface area contributed by atoms with Crippen molar-refractivity contribution >= 4 is 15.9 Å². The molecule has 0 amide bonds. The van der Waals surface area contributed by atoms with Gasteiger partial charge in [0.05, 0.1) is 24.2 Å². The van der Waals surface area contributed by atoms with Gasteiger partial charge < -0.3 is 9.15 Å². The third-order valence-corrected chi connectivity index (χ3v) is 6.75. The highest BCUT2D eigenvalue weighted by Crippen LogP contribution is 2.59. The second-order valence-electron chi connectivity index (χ2n) is 6.59. The quantitative estimate of drug-likeness (QED) is 0.701. The lowest BCUT2D eigenvalue weighted by molar-refractivity contribution is -0.0901. The molecule has 0 spiro atoms. The Bertz CT molecular complexity index is 426. The Kier molecular flexibility index (Phi) is 2.91. The van der Waals surface area contributed by atoms with E-state index in [-0.39, 0.29) is 17.1 Å². The minimum Gasteiger partial charge on any atom is -0.472 e. The lowest BCUT2D eigenvalue weighted by atomic mass is 9.61. The maximum Gasteiger partial charge on any atom is 0.0960 e. The monoisotopic (exact) mass is 312 g/mol. The average molecular weight is 313 g/mol. The van der Waals surface area contributed by atoms with E-state index in [9.17, 15) is 0 Å². The van der Waals surface area contributed by atoms with E-state index in [0.29, 0.717) is 10.7 Å². The zero-order chi connectivity index (χ0) is 13.0. The molecule has 0 bridgehead atoms. The second kappa shape index (κ2) is 4.11. The number of halogens is 1. The fourth-order valence-electron chi connectivity index (χ4n) is 3.91. The molecule has 0 unspecified atom stereocenters. The van der Waals surface area contributed by atoms with E-state index in [1.54, 1.807) is 6.26 Å². The van der Waals surface area contributed by atoms with E-state index in [1.165, 1.54) is 12.0 Å². The van der Waals surface area contributed by atoms with Crippen LogP contribution in [0.1, 0.15) is 51.7 Å². The van der Waals surface area contributed by atoms with Gasteiger partial charge in [-0.15, -0.1) is 0 Å². The van der Waals surface area contributed by atoms with Gasteiger partial charge >= 0.3 is 0 Å². The summed E-state index contributed by atoms with van der Waals surface area (Å²) in [5, 5.41) is 0. The maximum absolute atomic E-state index is 6.40. The van der Waals surface area contributed by atoms with Gasteiger partial charge in [-0.1, -0.05) is 29.8 Å². The lowest BCUT2D eigenvalue weighted by Crippen LogP contribution is -2.49. The van der Waals surface area contributed by atoms with Crippen molar-refractivity contribution in [2.45, 2.75) is 56.6 Å². The summed E-state index contributed by atoms with van der Waals surface area (Å²) in [6.45, 7) is 7.03. The molecule has 2 aliphatic rings. The first-order valence-corrected chi connectivity index (χ1v) is 7.69. The summed E-state index contributed by atoms with van der Waals surface area (Å²) in [6, 6.07) is 2.03. The van der Waals surface area contributed by atoms with Crippen LogP contribution >= 0.6 is 15.9 Å². The smallest absolute Gasteiger partial charge is 0.0960 e. The van der Waals surface area contributed by atoms with Crippen LogP contribution in [-0.4, -0.2) is 10.4 Å². The van der Waals surface area contributed by atoms with Crippen LogP contribution in [0.3, 0.4) is 0 Å². The standard InChI is InChI=1S/C15H21BrO2/c1-14(2)12-8-11(10-5-7-17-9-10)18-15(12,3)6-4-13(14)16/h5,7,9,11-13H,4,6,8H2,1-3H3/t11-,12+,13+,15+/m0/s1. The van der Waals surface area contributed by atoms with Crippen LogP contribution in [0.15, 0.2) is 23.0 Å². The van der Waals surface area contributed by atoms with Gasteiger partial charge in [0.1, 0.15) is 0 Å². The van der Waals surface area contributed by atoms with Gasteiger partial charge in [-0.25, -0.2) is 0 Å². The van der Waals surface area contributed by atoms with Crippen LogP contribution in [0.5, 0.6) is 0 Å². The summed E-state index contributed by atoms with van der Waals surface area (Å²) in [6.07, 6.45) is 7.20. The molecule has 2 heterocycles. The van der Waals surface area contributed by atoms with Gasteiger partial charge in [-0.05, 0) is 43.6 Å². The Balaban J connectivity index is 1.90. The van der Waals surface area contributed by atoms with Crippen LogP contribution in [0.4, 0.5) is 0 Å². The molecule has 1 aliphatic carbocycles. The van der Waals surface area contributed by atoms with Crippen LogP contribution < -0.4 is 0 Å². The molecule has 100 valence electrons. The van der Waals surface area contributed by atoms with Crippen LogP contribution in [0.2, 0.25) is 0 Å². The Hall–Kier alpha value is -0.280. The Morgan fingerprint density at radius 1 is 1.33 bits per heavy atom. The second-order valence-corrected chi connectivity index (χ2v) is 7.70. The molecule has 1 aromatic rings. The van der Waals surface area contributed by atoms with Gasteiger partial charge in [0.25, 0.3) is 0 Å². The minimum absolute atomic E-state index is 0.0235. The minimum atomic E-state index is 0.0235. The van der Waals surface area contributed by atoms with Crippen molar-refractivity contribution in [1.82, 2.24) is 0 Å². The van der Waals surface area contributed by atoms with Gasteiger partial charge in [0.2, 0.25) is 0 Å². The normalized spacial score (nSPS) is 42.8. The molecular formula is C15H21BrO2. The predicted octanol–water partition coefficient (Wildman–Crippen LogP) is 4.70. The van der Waals surface area contributed by atoms with Gasteiger partial charge in [0.15, 0.2) is 0 Å².